The average Bonchev–Trinajstić information content (AvgIpc) is 2.62. The van der Waals surface area contributed by atoms with Crippen molar-refractivity contribution in [2.24, 2.45) is 5.92 Å². The van der Waals surface area contributed by atoms with E-state index >= 15 is 0 Å². The Morgan fingerprint density at radius 1 is 1.31 bits per heavy atom. The van der Waals surface area contributed by atoms with Gasteiger partial charge in [0.15, 0.2) is 0 Å². The minimum atomic E-state index is -2.47. The smallest absolute Gasteiger partial charge is 0.229 e. The molecule has 0 aliphatic rings. The summed E-state index contributed by atoms with van der Waals surface area (Å²) in [5, 5.41) is 15.8. The van der Waals surface area contributed by atoms with Crippen LogP contribution in [-0.2, 0) is 9.71 Å². The lowest BCUT2D eigenvalue weighted by Gasteiger charge is -2.21. The molecule has 1 aromatic carbocycles. The Hall–Kier alpha value is -1.68. The molecule has 2 atom stereocenters. The Balaban J connectivity index is 2.18. The molecular weight excluding hydrogens is 418 g/mol. The molecule has 0 fully saturated rings. The fourth-order valence-electron chi connectivity index (χ4n) is 2.13. The summed E-state index contributed by atoms with van der Waals surface area (Å²) in [5.74, 6) is 4.94. The minimum absolute atomic E-state index is 0.00806. The van der Waals surface area contributed by atoms with Gasteiger partial charge in [-0.15, -0.1) is 0 Å². The van der Waals surface area contributed by atoms with E-state index < -0.39 is 9.71 Å². The van der Waals surface area contributed by atoms with Crippen LogP contribution in [0.25, 0.3) is 0 Å². The van der Waals surface area contributed by atoms with Gasteiger partial charge in [-0.05, 0) is 59.0 Å². The van der Waals surface area contributed by atoms with E-state index in [9.17, 15) is 9.32 Å². The van der Waals surface area contributed by atoms with Crippen LogP contribution < -0.4 is 15.4 Å². The van der Waals surface area contributed by atoms with Crippen molar-refractivity contribution in [1.29, 1.82) is 0 Å². The highest BCUT2D eigenvalue weighted by Crippen LogP contribution is 2.24. The number of nitrogens with zero attached hydrogens (tertiary/aromatic N) is 2. The van der Waals surface area contributed by atoms with Crippen LogP contribution in [-0.4, -0.2) is 44.9 Å². The molecule has 142 valence electrons. The summed E-state index contributed by atoms with van der Waals surface area (Å²) in [6.07, 6.45) is 1.64. The van der Waals surface area contributed by atoms with Crippen molar-refractivity contribution < 1.29 is 9.32 Å². The van der Waals surface area contributed by atoms with Gasteiger partial charge in [0.25, 0.3) is 0 Å². The first kappa shape index (κ1) is 20.6. The Morgan fingerprint density at radius 2 is 1.96 bits per heavy atom. The highest BCUT2D eigenvalue weighted by molar-refractivity contribution is 9.10. The molecular formula is C17H24BrN5O2S. The molecule has 0 saturated heterocycles. The second kappa shape index (κ2) is 8.81. The van der Waals surface area contributed by atoms with Crippen LogP contribution in [0.15, 0.2) is 39.8 Å². The summed E-state index contributed by atoms with van der Waals surface area (Å²) >= 11 is 3.42. The van der Waals surface area contributed by atoms with E-state index in [4.69, 9.17) is 0 Å². The highest BCUT2D eigenvalue weighted by Gasteiger charge is 2.15. The van der Waals surface area contributed by atoms with Crippen molar-refractivity contribution >= 4 is 49.0 Å². The van der Waals surface area contributed by atoms with Crippen LogP contribution in [0.2, 0.25) is 0 Å². The number of aliphatic hydroxyl groups is 1. The first-order valence-corrected chi connectivity index (χ1v) is 10.6. The van der Waals surface area contributed by atoms with Gasteiger partial charge < -0.3 is 15.7 Å². The Morgan fingerprint density at radius 3 is 2.50 bits per heavy atom. The zero-order chi connectivity index (χ0) is 19.3. The Kier molecular flexibility index (Phi) is 6.99. The summed E-state index contributed by atoms with van der Waals surface area (Å²) in [5.41, 5.74) is 0.760. The quantitative estimate of drug-likeness (QED) is 0.469. The summed E-state index contributed by atoms with van der Waals surface area (Å²) in [6.45, 7) is 4.05. The average molecular weight is 442 g/mol. The van der Waals surface area contributed by atoms with Gasteiger partial charge in [0.1, 0.15) is 5.82 Å². The van der Waals surface area contributed by atoms with Gasteiger partial charge in [-0.2, -0.15) is 4.98 Å². The summed E-state index contributed by atoms with van der Waals surface area (Å²) < 4.78 is 15.6. The lowest BCUT2D eigenvalue weighted by molar-refractivity contribution is 0.249. The highest BCUT2D eigenvalue weighted by atomic mass is 79.9. The molecule has 4 N–H and O–H groups in total. The molecule has 2 aromatic rings. The second-order valence-corrected chi connectivity index (χ2v) is 9.18. The zero-order valence-electron chi connectivity index (χ0n) is 15.0. The van der Waals surface area contributed by atoms with Crippen molar-refractivity contribution in [3.8, 4) is 0 Å². The van der Waals surface area contributed by atoms with E-state index in [1.54, 1.807) is 37.5 Å². The number of nitrogens with one attached hydrogen (secondary N) is 3. The standard InChI is InChI=1S/C17H24BrN5O2S/c1-11(2)15(10-24)22-16-14(18)9-20-17(23-16)21-12-5-7-13(8-6-12)26(4,25)19-3/h5-9,11,15,24H,4,10H2,1-3H3,(H,19,25)(H2,20,21,22,23). The fourth-order valence-corrected chi connectivity index (χ4v) is 3.25. The summed E-state index contributed by atoms with van der Waals surface area (Å²) in [6, 6.07) is 6.96. The lowest BCUT2D eigenvalue weighted by Crippen LogP contribution is -2.30. The predicted octanol–water partition coefficient (Wildman–Crippen LogP) is 2.62. The molecule has 0 aliphatic heterocycles. The minimum Gasteiger partial charge on any atom is -0.394 e. The van der Waals surface area contributed by atoms with Crippen LogP contribution in [0.1, 0.15) is 13.8 Å². The third-order valence-electron chi connectivity index (χ3n) is 3.89. The maximum atomic E-state index is 12.2. The van der Waals surface area contributed by atoms with Crippen LogP contribution in [0.5, 0.6) is 0 Å². The van der Waals surface area contributed by atoms with Crippen molar-refractivity contribution in [3.05, 3.63) is 34.9 Å². The molecule has 2 unspecified atom stereocenters. The third kappa shape index (κ3) is 5.16. The number of aromatic nitrogens is 2. The molecule has 7 nitrogen and oxygen atoms in total. The predicted molar refractivity (Wildman–Crippen MR) is 111 cm³/mol. The molecule has 26 heavy (non-hydrogen) atoms. The SMILES string of the molecule is C=S(=O)(NC)c1ccc(Nc2ncc(Br)c(NC(CO)C(C)C)n2)cc1. The molecule has 9 heteroatoms. The lowest BCUT2D eigenvalue weighted by atomic mass is 10.1. The Labute approximate surface area is 162 Å². The van der Waals surface area contributed by atoms with E-state index in [2.05, 4.69) is 47.1 Å². The van der Waals surface area contributed by atoms with Crippen LogP contribution >= 0.6 is 15.9 Å². The molecule has 2 rings (SSSR count). The van der Waals surface area contributed by atoms with Gasteiger partial charge in [0.05, 0.1) is 26.8 Å². The largest absolute Gasteiger partial charge is 0.394 e. The molecule has 0 aliphatic carbocycles. The van der Waals surface area contributed by atoms with E-state index in [0.29, 0.717) is 21.1 Å². The number of aliphatic hydroxyl groups excluding tert-OH is 1. The van der Waals surface area contributed by atoms with Crippen molar-refractivity contribution in [2.45, 2.75) is 24.8 Å². The van der Waals surface area contributed by atoms with Gasteiger partial charge >= 0.3 is 0 Å². The Bertz CT molecular complexity index is 841. The second-order valence-electron chi connectivity index (χ2n) is 6.10. The molecule has 0 spiro atoms. The first-order chi connectivity index (χ1) is 12.3. The van der Waals surface area contributed by atoms with Gasteiger partial charge in [0, 0.05) is 16.8 Å². The number of anilines is 3. The molecule has 1 aromatic heterocycles. The van der Waals surface area contributed by atoms with Gasteiger partial charge in [-0.1, -0.05) is 13.8 Å². The monoisotopic (exact) mass is 441 g/mol. The molecule has 0 radical (unpaired) electrons. The van der Waals surface area contributed by atoms with Gasteiger partial charge in [0.2, 0.25) is 5.95 Å². The van der Waals surface area contributed by atoms with Crippen molar-refractivity contribution in [3.63, 3.8) is 0 Å². The van der Waals surface area contributed by atoms with E-state index in [1.165, 1.54) is 0 Å². The molecule has 0 saturated carbocycles. The van der Waals surface area contributed by atoms with Gasteiger partial charge in [-0.25, -0.2) is 13.9 Å². The normalized spacial score (nSPS) is 14.7. The number of benzene rings is 1. The number of halogens is 1. The number of hydrogen-bond donors (Lipinski definition) is 4. The topological polar surface area (TPSA) is 99.2 Å². The molecule has 0 bridgehead atoms. The van der Waals surface area contributed by atoms with E-state index in [-0.39, 0.29) is 18.6 Å². The van der Waals surface area contributed by atoms with Crippen LogP contribution in [0, 0.1) is 5.92 Å². The van der Waals surface area contributed by atoms with Crippen LogP contribution in [0.3, 0.4) is 0 Å². The summed E-state index contributed by atoms with van der Waals surface area (Å²) in [4.78, 5) is 9.32. The molecule has 1 heterocycles. The van der Waals surface area contributed by atoms with Crippen molar-refractivity contribution in [1.82, 2.24) is 14.7 Å². The number of rotatable bonds is 8. The van der Waals surface area contributed by atoms with Crippen LogP contribution in [0.4, 0.5) is 17.5 Å². The van der Waals surface area contributed by atoms with E-state index in [1.807, 2.05) is 13.8 Å². The zero-order valence-corrected chi connectivity index (χ0v) is 17.4. The van der Waals surface area contributed by atoms with Gasteiger partial charge in [-0.3, -0.25) is 0 Å². The fraction of sp³-hybridized carbons (Fsp3) is 0.353. The maximum Gasteiger partial charge on any atom is 0.229 e. The summed E-state index contributed by atoms with van der Waals surface area (Å²) in [7, 11) is -0.860. The molecule has 0 amide bonds. The number of hydrogen-bond acceptors (Lipinski definition) is 6. The first-order valence-electron chi connectivity index (χ1n) is 8.09. The van der Waals surface area contributed by atoms with E-state index in [0.717, 1.165) is 5.69 Å². The van der Waals surface area contributed by atoms with Crippen molar-refractivity contribution in [2.75, 3.05) is 24.3 Å². The third-order valence-corrected chi connectivity index (χ3v) is 6.16. The maximum absolute atomic E-state index is 12.2.